The van der Waals surface area contributed by atoms with E-state index in [0.717, 1.165) is 4.90 Å². The Hall–Kier alpha value is -1.75. The summed E-state index contributed by atoms with van der Waals surface area (Å²) in [6, 6.07) is 16.5. The molecule has 0 fully saturated rings. The molecule has 0 N–H and O–H groups in total. The second kappa shape index (κ2) is 6.57. The van der Waals surface area contributed by atoms with Crippen molar-refractivity contribution in [1.82, 2.24) is 9.78 Å². The minimum Gasteiger partial charge on any atom is -0.266 e. The first kappa shape index (κ1) is 15.2. The average Bonchev–Trinajstić information content (AvgIpc) is 2.55. The average molecular weight is 349 g/mol. The highest BCUT2D eigenvalue weighted by Gasteiger charge is 2.11. The van der Waals surface area contributed by atoms with E-state index in [9.17, 15) is 4.79 Å². The fraction of sp³-hybridized carbons (Fsp3) is 0. The van der Waals surface area contributed by atoms with Gasteiger partial charge in [-0.05, 0) is 36.4 Å². The molecule has 0 radical (unpaired) electrons. The van der Waals surface area contributed by atoms with E-state index in [2.05, 4.69) is 5.10 Å². The third-order valence-electron chi connectivity index (χ3n) is 2.93. The van der Waals surface area contributed by atoms with Crippen LogP contribution in [0.15, 0.2) is 75.4 Å². The van der Waals surface area contributed by atoms with Crippen molar-refractivity contribution in [3.8, 4) is 5.69 Å². The Morgan fingerprint density at radius 3 is 2.32 bits per heavy atom. The Bertz CT molecular complexity index is 848. The number of para-hydroxylation sites is 1. The standard InChI is InChI=1S/C16H10Cl2N2OS/c17-11-6-8-13(9-7-11)22-14-10-19-20(16(21)15(14)18)12-4-2-1-3-5-12/h1-10H. The number of hydrogen-bond donors (Lipinski definition) is 0. The lowest BCUT2D eigenvalue weighted by atomic mass is 10.3. The van der Waals surface area contributed by atoms with Crippen molar-refractivity contribution in [1.29, 1.82) is 0 Å². The van der Waals surface area contributed by atoms with Crippen molar-refractivity contribution >= 4 is 35.0 Å². The molecule has 0 saturated carbocycles. The fourth-order valence-corrected chi connectivity index (χ4v) is 3.04. The van der Waals surface area contributed by atoms with Crippen molar-refractivity contribution in [2.75, 3.05) is 0 Å². The van der Waals surface area contributed by atoms with Gasteiger partial charge in [0.05, 0.1) is 16.8 Å². The van der Waals surface area contributed by atoms with Crippen LogP contribution in [0.4, 0.5) is 0 Å². The highest BCUT2D eigenvalue weighted by molar-refractivity contribution is 7.99. The van der Waals surface area contributed by atoms with Crippen LogP contribution in [0.25, 0.3) is 5.69 Å². The zero-order chi connectivity index (χ0) is 15.5. The molecule has 1 heterocycles. The monoisotopic (exact) mass is 348 g/mol. The zero-order valence-corrected chi connectivity index (χ0v) is 13.6. The van der Waals surface area contributed by atoms with Gasteiger partial charge in [-0.15, -0.1) is 0 Å². The number of benzene rings is 2. The van der Waals surface area contributed by atoms with Crippen LogP contribution in [0.1, 0.15) is 0 Å². The van der Waals surface area contributed by atoms with Gasteiger partial charge in [0.15, 0.2) is 0 Å². The van der Waals surface area contributed by atoms with E-state index in [4.69, 9.17) is 23.2 Å². The van der Waals surface area contributed by atoms with Crippen LogP contribution in [0.2, 0.25) is 10.0 Å². The van der Waals surface area contributed by atoms with Crippen LogP contribution in [-0.4, -0.2) is 9.78 Å². The maximum Gasteiger partial charge on any atom is 0.291 e. The van der Waals surface area contributed by atoms with Gasteiger partial charge in [-0.2, -0.15) is 9.78 Å². The largest absolute Gasteiger partial charge is 0.291 e. The molecular weight excluding hydrogens is 339 g/mol. The van der Waals surface area contributed by atoms with E-state index in [1.165, 1.54) is 16.4 Å². The molecule has 0 unspecified atom stereocenters. The summed E-state index contributed by atoms with van der Waals surface area (Å²) in [5, 5.41) is 5.01. The number of hydrogen-bond acceptors (Lipinski definition) is 3. The summed E-state index contributed by atoms with van der Waals surface area (Å²) in [6.45, 7) is 0. The molecule has 3 aromatic rings. The first-order valence-electron chi connectivity index (χ1n) is 6.42. The molecule has 0 aliphatic heterocycles. The topological polar surface area (TPSA) is 34.9 Å². The van der Waals surface area contributed by atoms with Gasteiger partial charge >= 0.3 is 0 Å². The lowest BCUT2D eigenvalue weighted by Gasteiger charge is -2.08. The normalized spacial score (nSPS) is 10.6. The number of nitrogens with zero attached hydrogens (tertiary/aromatic N) is 2. The van der Waals surface area contributed by atoms with Crippen molar-refractivity contribution in [2.45, 2.75) is 9.79 Å². The van der Waals surface area contributed by atoms with Crippen molar-refractivity contribution in [3.05, 3.63) is 81.2 Å². The summed E-state index contributed by atoms with van der Waals surface area (Å²) in [5.74, 6) is 0. The molecule has 3 rings (SSSR count). The van der Waals surface area contributed by atoms with Gasteiger partial charge in [0.25, 0.3) is 5.56 Å². The van der Waals surface area contributed by atoms with Gasteiger partial charge in [-0.25, -0.2) is 0 Å². The molecule has 0 atom stereocenters. The van der Waals surface area contributed by atoms with Crippen molar-refractivity contribution in [3.63, 3.8) is 0 Å². The number of rotatable bonds is 3. The van der Waals surface area contributed by atoms with Crippen LogP contribution in [-0.2, 0) is 0 Å². The number of aromatic nitrogens is 2. The maximum atomic E-state index is 12.4. The second-order valence-corrected chi connectivity index (χ2v) is 6.36. The van der Waals surface area contributed by atoms with Gasteiger partial charge in [-0.3, -0.25) is 4.79 Å². The van der Waals surface area contributed by atoms with E-state index < -0.39 is 0 Å². The third-order valence-corrected chi connectivity index (χ3v) is 4.70. The minimum absolute atomic E-state index is 0.152. The van der Waals surface area contributed by atoms with E-state index in [1.54, 1.807) is 30.5 Å². The molecule has 0 bridgehead atoms. The molecule has 22 heavy (non-hydrogen) atoms. The quantitative estimate of drug-likeness (QED) is 0.688. The minimum atomic E-state index is -0.341. The van der Waals surface area contributed by atoms with Crippen LogP contribution >= 0.6 is 35.0 Å². The van der Waals surface area contributed by atoms with Gasteiger partial charge < -0.3 is 0 Å². The summed E-state index contributed by atoms with van der Waals surface area (Å²) in [4.78, 5) is 13.9. The Kier molecular flexibility index (Phi) is 4.52. The molecular formula is C16H10Cl2N2OS. The van der Waals surface area contributed by atoms with Gasteiger partial charge in [0, 0.05) is 9.92 Å². The van der Waals surface area contributed by atoms with E-state index in [0.29, 0.717) is 15.6 Å². The molecule has 0 aliphatic carbocycles. The van der Waals surface area contributed by atoms with Crippen LogP contribution in [0.3, 0.4) is 0 Å². The summed E-state index contributed by atoms with van der Waals surface area (Å²) >= 11 is 13.4. The summed E-state index contributed by atoms with van der Waals surface area (Å²) in [6.07, 6.45) is 1.59. The Balaban J connectivity index is 1.96. The predicted octanol–water partition coefficient (Wildman–Crippen LogP) is 4.69. The van der Waals surface area contributed by atoms with Gasteiger partial charge in [0.1, 0.15) is 5.02 Å². The highest BCUT2D eigenvalue weighted by Crippen LogP contribution is 2.31. The predicted molar refractivity (Wildman–Crippen MR) is 90.4 cm³/mol. The van der Waals surface area contributed by atoms with Crippen LogP contribution in [0, 0.1) is 0 Å². The Morgan fingerprint density at radius 2 is 1.64 bits per heavy atom. The molecule has 110 valence electrons. The fourth-order valence-electron chi connectivity index (χ4n) is 1.87. The summed E-state index contributed by atoms with van der Waals surface area (Å²) in [7, 11) is 0. The summed E-state index contributed by atoms with van der Waals surface area (Å²) in [5.41, 5.74) is 0.337. The smallest absolute Gasteiger partial charge is 0.266 e. The zero-order valence-electron chi connectivity index (χ0n) is 11.2. The lowest BCUT2D eigenvalue weighted by molar-refractivity contribution is 0.791. The van der Waals surface area contributed by atoms with Crippen LogP contribution < -0.4 is 5.56 Å². The highest BCUT2D eigenvalue weighted by atomic mass is 35.5. The molecule has 0 amide bonds. The van der Waals surface area contributed by atoms with E-state index in [1.807, 2.05) is 30.3 Å². The molecule has 2 aromatic carbocycles. The molecule has 6 heteroatoms. The second-order valence-electron chi connectivity index (χ2n) is 4.43. The number of halogens is 2. The van der Waals surface area contributed by atoms with E-state index >= 15 is 0 Å². The first-order valence-corrected chi connectivity index (χ1v) is 7.99. The molecule has 0 spiro atoms. The molecule has 0 saturated heterocycles. The SMILES string of the molecule is O=c1c(Cl)c(Sc2ccc(Cl)cc2)cnn1-c1ccccc1. The Morgan fingerprint density at radius 1 is 0.955 bits per heavy atom. The molecule has 1 aromatic heterocycles. The first-order chi connectivity index (χ1) is 10.6. The van der Waals surface area contributed by atoms with Gasteiger partial charge in [0.2, 0.25) is 0 Å². The molecule has 0 aliphatic rings. The molecule has 3 nitrogen and oxygen atoms in total. The van der Waals surface area contributed by atoms with Crippen molar-refractivity contribution < 1.29 is 0 Å². The van der Waals surface area contributed by atoms with Crippen LogP contribution in [0.5, 0.6) is 0 Å². The third kappa shape index (κ3) is 3.19. The Labute approximate surface area is 141 Å². The van der Waals surface area contributed by atoms with Crippen molar-refractivity contribution in [2.24, 2.45) is 0 Å². The summed E-state index contributed by atoms with van der Waals surface area (Å²) < 4.78 is 1.29. The van der Waals surface area contributed by atoms with E-state index in [-0.39, 0.29) is 10.6 Å². The maximum absolute atomic E-state index is 12.4. The van der Waals surface area contributed by atoms with Gasteiger partial charge in [-0.1, -0.05) is 53.2 Å². The lowest BCUT2D eigenvalue weighted by Crippen LogP contribution is -2.21.